The highest BCUT2D eigenvalue weighted by atomic mass is 19.1. The topological polar surface area (TPSA) is 65.5 Å². The van der Waals surface area contributed by atoms with Crippen molar-refractivity contribution < 1.29 is 14.0 Å². The average molecular weight is 396 g/mol. The normalized spacial score (nSPS) is 21.6. The van der Waals surface area contributed by atoms with Crippen molar-refractivity contribution in [3.05, 3.63) is 65.7 Å². The van der Waals surface area contributed by atoms with Gasteiger partial charge in [0.2, 0.25) is 5.95 Å². The molecule has 0 aliphatic carbocycles. The molecule has 29 heavy (non-hydrogen) atoms. The molecule has 0 radical (unpaired) electrons. The Hall–Kier alpha value is -2.80. The summed E-state index contributed by atoms with van der Waals surface area (Å²) in [6.07, 6.45) is 2.46. The molecular weight excluding hydrogens is 371 g/mol. The Balaban J connectivity index is 1.29. The van der Waals surface area contributed by atoms with Crippen LogP contribution in [0.5, 0.6) is 0 Å². The molecule has 6 nitrogen and oxygen atoms in total. The van der Waals surface area contributed by atoms with Crippen molar-refractivity contribution in [2.24, 2.45) is 11.8 Å². The SMILES string of the molecule is O=C(NCc1ccc(F)nc1)C(=O)N1CC2CC(CN(Cc3ccccc3)C2)C1. The van der Waals surface area contributed by atoms with Crippen molar-refractivity contribution in [2.75, 3.05) is 26.2 Å². The summed E-state index contributed by atoms with van der Waals surface area (Å²) in [5.41, 5.74) is 1.95. The summed E-state index contributed by atoms with van der Waals surface area (Å²) >= 11 is 0. The number of aromatic nitrogens is 1. The number of carbonyl (C=O) groups is 2. The van der Waals surface area contributed by atoms with E-state index in [1.54, 1.807) is 11.0 Å². The highest BCUT2D eigenvalue weighted by Gasteiger charge is 2.37. The molecule has 1 N–H and O–H groups in total. The third-order valence-electron chi connectivity index (χ3n) is 5.63. The number of nitrogens with zero attached hydrogens (tertiary/aromatic N) is 3. The molecule has 2 fully saturated rings. The second-order valence-corrected chi connectivity index (χ2v) is 8.03. The van der Waals surface area contributed by atoms with E-state index in [1.165, 1.54) is 17.8 Å². The maximum atomic E-state index is 12.9. The molecule has 0 spiro atoms. The lowest BCUT2D eigenvalue weighted by Gasteiger charge is -2.45. The predicted octanol–water partition coefficient (Wildman–Crippen LogP) is 1.82. The Kier molecular flexibility index (Phi) is 5.85. The Morgan fingerprint density at radius 3 is 2.38 bits per heavy atom. The molecule has 4 rings (SSSR count). The lowest BCUT2D eigenvalue weighted by atomic mass is 9.84. The third-order valence-corrected chi connectivity index (χ3v) is 5.63. The van der Waals surface area contributed by atoms with Crippen LogP contribution in [0.15, 0.2) is 48.7 Å². The number of likely N-dealkylation sites (tertiary alicyclic amines) is 2. The number of halogens is 1. The molecule has 2 saturated heterocycles. The van der Waals surface area contributed by atoms with Crippen LogP contribution < -0.4 is 5.32 Å². The maximum Gasteiger partial charge on any atom is 0.311 e. The van der Waals surface area contributed by atoms with E-state index in [0.29, 0.717) is 30.5 Å². The van der Waals surface area contributed by atoms with Crippen LogP contribution in [-0.2, 0) is 22.7 Å². The zero-order valence-electron chi connectivity index (χ0n) is 16.3. The van der Waals surface area contributed by atoms with Gasteiger partial charge in [0.15, 0.2) is 0 Å². The number of piperidine rings is 2. The van der Waals surface area contributed by atoms with E-state index >= 15 is 0 Å². The van der Waals surface area contributed by atoms with Gasteiger partial charge in [-0.3, -0.25) is 14.5 Å². The van der Waals surface area contributed by atoms with Gasteiger partial charge in [-0.2, -0.15) is 4.39 Å². The number of fused-ring (bicyclic) bond motifs is 2. The largest absolute Gasteiger partial charge is 0.344 e. The monoisotopic (exact) mass is 396 g/mol. The standard InChI is InChI=1S/C22H25FN4O2/c23-20-7-6-17(9-24-20)10-25-21(28)22(29)27-14-18-8-19(15-27)13-26(12-18)11-16-4-2-1-3-5-16/h1-7,9,18-19H,8,10-15H2,(H,25,28). The van der Waals surface area contributed by atoms with Crippen LogP contribution in [0.1, 0.15) is 17.5 Å². The number of rotatable bonds is 4. The molecule has 2 amide bonds. The van der Waals surface area contributed by atoms with Crippen LogP contribution in [0.4, 0.5) is 4.39 Å². The summed E-state index contributed by atoms with van der Waals surface area (Å²) in [7, 11) is 0. The molecule has 152 valence electrons. The highest BCUT2D eigenvalue weighted by molar-refractivity contribution is 6.35. The van der Waals surface area contributed by atoms with Crippen molar-refractivity contribution in [1.82, 2.24) is 20.1 Å². The zero-order chi connectivity index (χ0) is 20.2. The van der Waals surface area contributed by atoms with Gasteiger partial charge in [-0.1, -0.05) is 36.4 Å². The van der Waals surface area contributed by atoms with E-state index in [1.807, 2.05) is 6.07 Å². The predicted molar refractivity (Wildman–Crippen MR) is 106 cm³/mol. The molecule has 1 aromatic heterocycles. The number of hydrogen-bond donors (Lipinski definition) is 1. The second-order valence-electron chi connectivity index (χ2n) is 8.03. The van der Waals surface area contributed by atoms with Crippen molar-refractivity contribution in [2.45, 2.75) is 19.5 Å². The van der Waals surface area contributed by atoms with Gasteiger partial charge >= 0.3 is 11.8 Å². The van der Waals surface area contributed by atoms with Crippen LogP contribution in [0.3, 0.4) is 0 Å². The zero-order valence-corrected chi connectivity index (χ0v) is 16.3. The van der Waals surface area contributed by atoms with Crippen molar-refractivity contribution >= 4 is 11.8 Å². The lowest BCUT2D eigenvalue weighted by Crippen LogP contribution is -2.56. The second kappa shape index (κ2) is 8.69. The molecule has 0 saturated carbocycles. The van der Waals surface area contributed by atoms with Gasteiger partial charge < -0.3 is 10.2 Å². The van der Waals surface area contributed by atoms with E-state index in [-0.39, 0.29) is 6.54 Å². The van der Waals surface area contributed by atoms with Gasteiger partial charge in [-0.15, -0.1) is 0 Å². The minimum absolute atomic E-state index is 0.156. The molecule has 2 aliphatic heterocycles. The Bertz CT molecular complexity index is 845. The first-order chi connectivity index (χ1) is 14.1. The lowest BCUT2D eigenvalue weighted by molar-refractivity contribution is -0.148. The molecule has 3 heterocycles. The first kappa shape index (κ1) is 19.5. The molecule has 2 unspecified atom stereocenters. The van der Waals surface area contributed by atoms with Crippen LogP contribution >= 0.6 is 0 Å². The van der Waals surface area contributed by atoms with E-state index in [9.17, 15) is 14.0 Å². The highest BCUT2D eigenvalue weighted by Crippen LogP contribution is 2.29. The van der Waals surface area contributed by atoms with Crippen molar-refractivity contribution in [3.63, 3.8) is 0 Å². The van der Waals surface area contributed by atoms with Crippen molar-refractivity contribution in [1.29, 1.82) is 0 Å². The maximum absolute atomic E-state index is 12.9. The minimum atomic E-state index is -0.615. The summed E-state index contributed by atoms with van der Waals surface area (Å²) < 4.78 is 12.9. The summed E-state index contributed by atoms with van der Waals surface area (Å²) in [4.78, 5) is 32.6. The van der Waals surface area contributed by atoms with Crippen LogP contribution in [-0.4, -0.2) is 52.8 Å². The first-order valence-electron chi connectivity index (χ1n) is 10.0. The van der Waals surface area contributed by atoms with Crippen LogP contribution in [0.25, 0.3) is 0 Å². The van der Waals surface area contributed by atoms with Crippen LogP contribution in [0, 0.1) is 17.8 Å². The molecular formula is C22H25FN4O2. The molecule has 2 aliphatic rings. The van der Waals surface area contributed by atoms with Gasteiger partial charge in [-0.25, -0.2) is 4.98 Å². The summed E-state index contributed by atoms with van der Waals surface area (Å²) in [6, 6.07) is 13.2. The number of hydrogen-bond acceptors (Lipinski definition) is 4. The summed E-state index contributed by atoms with van der Waals surface area (Å²) in [5, 5.41) is 2.62. The smallest absolute Gasteiger partial charge is 0.311 e. The molecule has 7 heteroatoms. The van der Waals surface area contributed by atoms with Gasteiger partial charge in [0.25, 0.3) is 0 Å². The van der Waals surface area contributed by atoms with Gasteiger partial charge in [0.05, 0.1) is 0 Å². The summed E-state index contributed by atoms with van der Waals surface area (Å²) in [6.45, 7) is 4.20. The van der Waals surface area contributed by atoms with E-state index in [2.05, 4.69) is 39.5 Å². The third kappa shape index (κ3) is 4.98. The van der Waals surface area contributed by atoms with Crippen LogP contribution in [0.2, 0.25) is 0 Å². The number of benzene rings is 1. The first-order valence-corrected chi connectivity index (χ1v) is 10.0. The van der Waals surface area contributed by atoms with E-state index < -0.39 is 17.8 Å². The Morgan fingerprint density at radius 1 is 1.00 bits per heavy atom. The van der Waals surface area contributed by atoms with Crippen molar-refractivity contribution in [3.8, 4) is 0 Å². The summed E-state index contributed by atoms with van der Waals surface area (Å²) in [5.74, 6) is -0.882. The van der Waals surface area contributed by atoms with E-state index in [4.69, 9.17) is 0 Å². The minimum Gasteiger partial charge on any atom is -0.344 e. The number of amides is 2. The Morgan fingerprint density at radius 2 is 1.72 bits per heavy atom. The van der Waals surface area contributed by atoms with Gasteiger partial charge in [0, 0.05) is 45.5 Å². The number of pyridine rings is 1. The number of nitrogens with one attached hydrogen (secondary N) is 1. The Labute approximate surface area is 169 Å². The van der Waals surface area contributed by atoms with Gasteiger partial charge in [-0.05, 0) is 35.4 Å². The molecule has 2 aromatic rings. The molecule has 2 atom stereocenters. The fourth-order valence-corrected chi connectivity index (χ4v) is 4.44. The fourth-order valence-electron chi connectivity index (χ4n) is 4.44. The molecule has 2 bridgehead atoms. The van der Waals surface area contributed by atoms with Gasteiger partial charge in [0.1, 0.15) is 0 Å². The average Bonchev–Trinajstić information content (AvgIpc) is 2.72. The number of carbonyl (C=O) groups excluding carboxylic acids is 2. The van der Waals surface area contributed by atoms with E-state index in [0.717, 1.165) is 26.1 Å². The molecule has 1 aromatic carbocycles. The quantitative estimate of drug-likeness (QED) is 0.633. The fraction of sp³-hybridized carbons (Fsp3) is 0.409.